The molecule has 23 heavy (non-hydrogen) atoms. The van der Waals surface area contributed by atoms with Crippen molar-refractivity contribution in [3.63, 3.8) is 0 Å². The lowest BCUT2D eigenvalue weighted by molar-refractivity contribution is 0.0972. The van der Waals surface area contributed by atoms with Crippen LogP contribution in [-0.4, -0.2) is 15.6 Å². The number of hydrogen-bond acceptors (Lipinski definition) is 2. The minimum atomic E-state index is -0.306. The van der Waals surface area contributed by atoms with Gasteiger partial charge in [-0.2, -0.15) is 5.10 Å². The predicted molar refractivity (Wildman–Crippen MR) is 91.7 cm³/mol. The molecule has 3 rings (SSSR count). The molecular formula is C20H20N2O. The maximum absolute atomic E-state index is 13.3. The Bertz CT molecular complexity index is 780. The van der Waals surface area contributed by atoms with Gasteiger partial charge in [-0.25, -0.2) is 0 Å². The van der Waals surface area contributed by atoms with Crippen molar-refractivity contribution in [2.75, 3.05) is 0 Å². The molecule has 0 bridgehead atoms. The van der Waals surface area contributed by atoms with Gasteiger partial charge in [-0.3, -0.25) is 9.48 Å². The first kappa shape index (κ1) is 15.2. The molecule has 0 N–H and O–H groups in total. The molecule has 3 heteroatoms. The molecule has 0 atom stereocenters. The molecule has 1 heterocycles. The van der Waals surface area contributed by atoms with Crippen LogP contribution >= 0.6 is 0 Å². The zero-order valence-electron chi connectivity index (χ0n) is 13.7. The largest absolute Gasteiger partial charge is 0.293 e. The summed E-state index contributed by atoms with van der Waals surface area (Å²) >= 11 is 0. The van der Waals surface area contributed by atoms with Gasteiger partial charge in [0, 0.05) is 12.7 Å². The first-order valence-electron chi connectivity index (χ1n) is 7.74. The lowest BCUT2D eigenvalue weighted by Gasteiger charge is -2.17. The molecule has 0 unspecified atom stereocenters. The van der Waals surface area contributed by atoms with Crippen LogP contribution in [0.25, 0.3) is 0 Å². The highest BCUT2D eigenvalue weighted by Crippen LogP contribution is 2.30. The van der Waals surface area contributed by atoms with Crippen LogP contribution < -0.4 is 0 Å². The van der Waals surface area contributed by atoms with E-state index < -0.39 is 0 Å². The standard InChI is InChI=1S/C20H20N2O/c1-14-18(15(2)22(3)21-14)20(23)19(16-10-6-4-7-11-16)17-12-8-5-9-13-17/h4-13,19H,1-3H3. The molecule has 2 aromatic carbocycles. The zero-order chi connectivity index (χ0) is 16.4. The topological polar surface area (TPSA) is 34.9 Å². The average Bonchev–Trinajstić information content (AvgIpc) is 2.82. The second-order valence-corrected chi connectivity index (χ2v) is 5.79. The maximum atomic E-state index is 13.3. The van der Waals surface area contributed by atoms with Gasteiger partial charge in [-0.15, -0.1) is 0 Å². The zero-order valence-corrected chi connectivity index (χ0v) is 13.7. The molecule has 0 aliphatic heterocycles. The fourth-order valence-electron chi connectivity index (χ4n) is 3.06. The highest BCUT2D eigenvalue weighted by molar-refractivity contribution is 6.04. The number of aryl methyl sites for hydroxylation is 2. The van der Waals surface area contributed by atoms with E-state index in [-0.39, 0.29) is 11.7 Å². The Morgan fingerprint density at radius 3 is 1.78 bits per heavy atom. The van der Waals surface area contributed by atoms with Crippen LogP contribution in [0.1, 0.15) is 38.8 Å². The lowest BCUT2D eigenvalue weighted by atomic mass is 9.84. The first-order valence-corrected chi connectivity index (χ1v) is 7.74. The van der Waals surface area contributed by atoms with E-state index in [0.29, 0.717) is 0 Å². The maximum Gasteiger partial charge on any atom is 0.178 e. The van der Waals surface area contributed by atoms with Gasteiger partial charge in [0.05, 0.1) is 17.2 Å². The van der Waals surface area contributed by atoms with Crippen LogP contribution in [0.5, 0.6) is 0 Å². The van der Waals surface area contributed by atoms with Gasteiger partial charge >= 0.3 is 0 Å². The Morgan fingerprint density at radius 1 is 0.913 bits per heavy atom. The molecule has 0 saturated carbocycles. The Balaban J connectivity index is 2.14. The monoisotopic (exact) mass is 304 g/mol. The molecule has 0 saturated heterocycles. The number of aromatic nitrogens is 2. The third-order valence-electron chi connectivity index (χ3n) is 4.28. The summed E-state index contributed by atoms with van der Waals surface area (Å²) in [4.78, 5) is 13.3. The number of carbonyl (C=O) groups is 1. The molecule has 0 aliphatic rings. The van der Waals surface area contributed by atoms with Gasteiger partial charge in [-0.1, -0.05) is 60.7 Å². The van der Waals surface area contributed by atoms with E-state index >= 15 is 0 Å². The fraction of sp³-hybridized carbons (Fsp3) is 0.200. The van der Waals surface area contributed by atoms with Crippen molar-refractivity contribution < 1.29 is 4.79 Å². The van der Waals surface area contributed by atoms with Crippen LogP contribution in [0.3, 0.4) is 0 Å². The van der Waals surface area contributed by atoms with Crippen molar-refractivity contribution in [2.45, 2.75) is 19.8 Å². The molecular weight excluding hydrogens is 284 g/mol. The van der Waals surface area contributed by atoms with Crippen molar-refractivity contribution in [1.29, 1.82) is 0 Å². The highest BCUT2D eigenvalue weighted by atomic mass is 16.1. The Morgan fingerprint density at radius 2 is 1.39 bits per heavy atom. The fourth-order valence-corrected chi connectivity index (χ4v) is 3.06. The summed E-state index contributed by atoms with van der Waals surface area (Å²) in [6, 6.07) is 19.9. The number of hydrogen-bond donors (Lipinski definition) is 0. The van der Waals surface area contributed by atoms with Crippen molar-refractivity contribution in [2.24, 2.45) is 7.05 Å². The van der Waals surface area contributed by atoms with Crippen LogP contribution in [0.15, 0.2) is 60.7 Å². The highest BCUT2D eigenvalue weighted by Gasteiger charge is 2.28. The van der Waals surface area contributed by atoms with E-state index in [9.17, 15) is 4.79 Å². The van der Waals surface area contributed by atoms with E-state index in [0.717, 1.165) is 28.1 Å². The third kappa shape index (κ3) is 2.82. The summed E-state index contributed by atoms with van der Waals surface area (Å²) in [6.07, 6.45) is 0. The summed E-state index contributed by atoms with van der Waals surface area (Å²) in [6.45, 7) is 3.84. The third-order valence-corrected chi connectivity index (χ3v) is 4.28. The number of Topliss-reactive ketones (excluding diaryl/α,β-unsaturated/α-hetero) is 1. The van der Waals surface area contributed by atoms with Crippen molar-refractivity contribution in [1.82, 2.24) is 9.78 Å². The molecule has 0 aliphatic carbocycles. The number of nitrogens with zero attached hydrogens (tertiary/aromatic N) is 2. The van der Waals surface area contributed by atoms with E-state index in [2.05, 4.69) is 5.10 Å². The van der Waals surface area contributed by atoms with Gasteiger partial charge < -0.3 is 0 Å². The van der Waals surface area contributed by atoms with E-state index in [4.69, 9.17) is 0 Å². The molecule has 0 amide bonds. The number of ketones is 1. The summed E-state index contributed by atoms with van der Waals surface area (Å²) in [7, 11) is 1.87. The molecule has 0 spiro atoms. The quantitative estimate of drug-likeness (QED) is 0.682. The Hall–Kier alpha value is -2.68. The van der Waals surface area contributed by atoms with Crippen LogP contribution in [0.4, 0.5) is 0 Å². The van der Waals surface area contributed by atoms with Crippen LogP contribution in [0, 0.1) is 13.8 Å². The van der Waals surface area contributed by atoms with Crippen molar-refractivity contribution in [3.8, 4) is 0 Å². The molecule has 3 nitrogen and oxygen atoms in total. The lowest BCUT2D eigenvalue weighted by Crippen LogP contribution is -2.16. The summed E-state index contributed by atoms with van der Waals surface area (Å²) in [5, 5.41) is 4.40. The van der Waals surface area contributed by atoms with E-state index in [1.54, 1.807) is 4.68 Å². The van der Waals surface area contributed by atoms with Crippen LogP contribution in [-0.2, 0) is 7.05 Å². The minimum Gasteiger partial charge on any atom is -0.293 e. The van der Waals surface area contributed by atoms with Gasteiger partial charge in [0.2, 0.25) is 0 Å². The van der Waals surface area contributed by atoms with E-state index in [1.165, 1.54) is 0 Å². The average molecular weight is 304 g/mol. The Labute approximate surface area is 136 Å². The number of carbonyl (C=O) groups excluding carboxylic acids is 1. The first-order chi connectivity index (χ1) is 11.1. The van der Waals surface area contributed by atoms with Gasteiger partial charge in [0.25, 0.3) is 0 Å². The number of rotatable bonds is 4. The molecule has 3 aromatic rings. The second kappa shape index (κ2) is 6.21. The van der Waals surface area contributed by atoms with Gasteiger partial charge in [0.1, 0.15) is 0 Å². The summed E-state index contributed by atoms with van der Waals surface area (Å²) < 4.78 is 1.77. The predicted octanol–water partition coefficient (Wildman–Crippen LogP) is 4.05. The van der Waals surface area contributed by atoms with E-state index in [1.807, 2.05) is 81.6 Å². The smallest absolute Gasteiger partial charge is 0.178 e. The van der Waals surface area contributed by atoms with Crippen molar-refractivity contribution >= 4 is 5.78 Å². The van der Waals surface area contributed by atoms with Crippen LogP contribution in [0.2, 0.25) is 0 Å². The second-order valence-electron chi connectivity index (χ2n) is 5.79. The molecule has 1 aromatic heterocycles. The van der Waals surface area contributed by atoms with Crippen molar-refractivity contribution in [3.05, 3.63) is 88.7 Å². The Kier molecular flexibility index (Phi) is 4.11. The molecule has 0 fully saturated rings. The SMILES string of the molecule is Cc1nn(C)c(C)c1C(=O)C(c1ccccc1)c1ccccc1. The summed E-state index contributed by atoms with van der Waals surface area (Å²) in [5.74, 6) is -0.204. The summed E-state index contributed by atoms with van der Waals surface area (Å²) in [5.41, 5.74) is 4.43. The van der Waals surface area contributed by atoms with Gasteiger partial charge in [-0.05, 0) is 25.0 Å². The number of benzene rings is 2. The minimum absolute atomic E-state index is 0.102. The molecule has 116 valence electrons. The molecule has 0 radical (unpaired) electrons. The van der Waals surface area contributed by atoms with Gasteiger partial charge in [0.15, 0.2) is 5.78 Å². The normalized spacial score (nSPS) is 11.0.